The minimum Gasteiger partial charge on any atom is -0.262 e. The van der Waals surface area contributed by atoms with Crippen LogP contribution in [0.25, 0.3) is 0 Å². The van der Waals surface area contributed by atoms with Crippen LogP contribution in [-0.4, -0.2) is 14.2 Å². The van der Waals surface area contributed by atoms with E-state index in [2.05, 4.69) is 0 Å². The van der Waals surface area contributed by atoms with Gasteiger partial charge in [0.1, 0.15) is 6.10 Å². The first-order valence-electron chi connectivity index (χ1n) is 4.13. The second-order valence-electron chi connectivity index (χ2n) is 3.05. The topological polar surface area (TPSA) is 43.4 Å². The predicted octanol–water partition coefficient (Wildman–Crippen LogP) is 1.48. The average Bonchev–Trinajstić information content (AvgIpc) is 2.48. The molecule has 2 rings (SSSR count). The van der Waals surface area contributed by atoms with Crippen molar-refractivity contribution in [2.45, 2.75) is 12.5 Å². The first-order chi connectivity index (χ1) is 6.17. The SMILES string of the molecule is O=S1(=O)CC[C@H](c2ccccc2)O1. The zero-order valence-corrected chi connectivity index (χ0v) is 7.83. The molecule has 1 aliphatic heterocycles. The normalized spacial score (nSPS) is 26.0. The zero-order valence-electron chi connectivity index (χ0n) is 7.01. The van der Waals surface area contributed by atoms with Gasteiger partial charge in [0.25, 0.3) is 10.1 Å². The van der Waals surface area contributed by atoms with Crippen LogP contribution in [0, 0.1) is 0 Å². The number of rotatable bonds is 1. The molecule has 0 aromatic heterocycles. The summed E-state index contributed by atoms with van der Waals surface area (Å²) in [4.78, 5) is 0. The Hall–Kier alpha value is -0.870. The smallest absolute Gasteiger partial charge is 0.262 e. The molecule has 0 saturated carbocycles. The van der Waals surface area contributed by atoms with E-state index in [4.69, 9.17) is 4.18 Å². The van der Waals surface area contributed by atoms with Gasteiger partial charge in [-0.3, -0.25) is 4.18 Å². The quantitative estimate of drug-likeness (QED) is 0.642. The van der Waals surface area contributed by atoms with Crippen molar-refractivity contribution in [1.82, 2.24) is 0 Å². The highest BCUT2D eigenvalue weighted by molar-refractivity contribution is 7.86. The van der Waals surface area contributed by atoms with Crippen molar-refractivity contribution >= 4 is 10.1 Å². The number of benzene rings is 1. The van der Waals surface area contributed by atoms with Gasteiger partial charge in [-0.15, -0.1) is 0 Å². The third kappa shape index (κ3) is 1.89. The molecule has 1 aromatic carbocycles. The fraction of sp³-hybridized carbons (Fsp3) is 0.333. The monoisotopic (exact) mass is 198 g/mol. The Morgan fingerprint density at radius 1 is 1.23 bits per heavy atom. The minimum absolute atomic E-state index is 0.132. The first-order valence-corrected chi connectivity index (χ1v) is 5.71. The van der Waals surface area contributed by atoms with Gasteiger partial charge in [-0.25, -0.2) is 0 Å². The molecule has 0 bridgehead atoms. The standard InChI is InChI=1S/C9H10O3S/c10-13(11)7-6-9(12-13)8-4-2-1-3-5-8/h1-5,9H,6-7H2/t9-/m1/s1. The maximum Gasteiger partial charge on any atom is 0.268 e. The summed E-state index contributed by atoms with van der Waals surface area (Å²) in [5, 5.41) is 0. The van der Waals surface area contributed by atoms with Gasteiger partial charge in [-0.2, -0.15) is 8.42 Å². The molecule has 0 N–H and O–H groups in total. The van der Waals surface area contributed by atoms with Gasteiger partial charge in [0.2, 0.25) is 0 Å². The van der Waals surface area contributed by atoms with Gasteiger partial charge >= 0.3 is 0 Å². The molecule has 1 fully saturated rings. The molecule has 3 nitrogen and oxygen atoms in total. The summed E-state index contributed by atoms with van der Waals surface area (Å²) in [6, 6.07) is 9.41. The molecule has 1 aliphatic rings. The fourth-order valence-electron chi connectivity index (χ4n) is 1.41. The van der Waals surface area contributed by atoms with E-state index in [-0.39, 0.29) is 11.9 Å². The fourth-order valence-corrected chi connectivity index (χ4v) is 2.57. The largest absolute Gasteiger partial charge is 0.268 e. The Kier molecular flexibility index (Phi) is 2.09. The van der Waals surface area contributed by atoms with Crippen molar-refractivity contribution in [3.8, 4) is 0 Å². The predicted molar refractivity (Wildman–Crippen MR) is 48.7 cm³/mol. The summed E-state index contributed by atoms with van der Waals surface area (Å²) >= 11 is 0. The minimum atomic E-state index is -3.24. The lowest BCUT2D eigenvalue weighted by atomic mass is 10.1. The van der Waals surface area contributed by atoms with Crippen molar-refractivity contribution in [2.24, 2.45) is 0 Å². The summed E-state index contributed by atoms with van der Waals surface area (Å²) in [6.45, 7) is 0. The number of hydrogen-bond donors (Lipinski definition) is 0. The van der Waals surface area contributed by atoms with E-state index in [0.29, 0.717) is 6.42 Å². The lowest BCUT2D eigenvalue weighted by Crippen LogP contribution is -2.00. The van der Waals surface area contributed by atoms with E-state index in [1.165, 1.54) is 0 Å². The van der Waals surface area contributed by atoms with Crippen LogP contribution < -0.4 is 0 Å². The molecule has 1 saturated heterocycles. The molecule has 70 valence electrons. The summed E-state index contributed by atoms with van der Waals surface area (Å²) in [5.74, 6) is 0.132. The van der Waals surface area contributed by atoms with Gasteiger partial charge in [0, 0.05) is 0 Å². The van der Waals surface area contributed by atoms with Crippen molar-refractivity contribution in [3.63, 3.8) is 0 Å². The molecule has 13 heavy (non-hydrogen) atoms. The third-order valence-electron chi connectivity index (χ3n) is 2.06. The lowest BCUT2D eigenvalue weighted by Gasteiger charge is -2.06. The molecule has 1 atom stereocenters. The van der Waals surface area contributed by atoms with Crippen molar-refractivity contribution in [3.05, 3.63) is 35.9 Å². The van der Waals surface area contributed by atoms with Gasteiger partial charge < -0.3 is 0 Å². The van der Waals surface area contributed by atoms with Gasteiger partial charge in [-0.05, 0) is 12.0 Å². The summed E-state index contributed by atoms with van der Waals surface area (Å²) in [7, 11) is -3.24. The van der Waals surface area contributed by atoms with E-state index in [1.54, 1.807) is 0 Å². The molecule has 0 unspecified atom stereocenters. The van der Waals surface area contributed by atoms with Crippen molar-refractivity contribution in [2.75, 3.05) is 5.75 Å². The Labute approximate surface area is 77.5 Å². The van der Waals surface area contributed by atoms with Crippen LogP contribution in [-0.2, 0) is 14.3 Å². The third-order valence-corrected chi connectivity index (χ3v) is 3.33. The van der Waals surface area contributed by atoms with Crippen LogP contribution in [0.1, 0.15) is 18.1 Å². The Morgan fingerprint density at radius 3 is 2.46 bits per heavy atom. The summed E-state index contributed by atoms with van der Waals surface area (Å²) < 4.78 is 26.9. The van der Waals surface area contributed by atoms with Crippen LogP contribution in [0.4, 0.5) is 0 Å². The second kappa shape index (κ2) is 3.12. The highest BCUT2D eigenvalue weighted by Gasteiger charge is 2.29. The summed E-state index contributed by atoms with van der Waals surface area (Å²) in [6.07, 6.45) is 0.290. The average molecular weight is 198 g/mol. The van der Waals surface area contributed by atoms with Crippen LogP contribution >= 0.6 is 0 Å². The van der Waals surface area contributed by atoms with Crippen LogP contribution in [0.5, 0.6) is 0 Å². The van der Waals surface area contributed by atoms with Crippen LogP contribution in [0.3, 0.4) is 0 Å². The summed E-state index contributed by atoms with van der Waals surface area (Å²) in [5.41, 5.74) is 0.934. The van der Waals surface area contributed by atoms with E-state index in [1.807, 2.05) is 30.3 Å². The van der Waals surface area contributed by atoms with Gasteiger partial charge in [0.15, 0.2) is 0 Å². The molecule has 0 amide bonds. The van der Waals surface area contributed by atoms with Crippen molar-refractivity contribution < 1.29 is 12.6 Å². The number of hydrogen-bond acceptors (Lipinski definition) is 3. The van der Waals surface area contributed by atoms with Gasteiger partial charge in [0.05, 0.1) is 5.75 Å². The highest BCUT2D eigenvalue weighted by atomic mass is 32.2. The maximum absolute atomic E-state index is 11.0. The Bertz CT molecular complexity index is 383. The Balaban J connectivity index is 2.22. The molecular weight excluding hydrogens is 188 g/mol. The first kappa shape index (κ1) is 8.72. The molecule has 4 heteroatoms. The molecule has 0 aliphatic carbocycles. The zero-order chi connectivity index (χ0) is 9.31. The lowest BCUT2D eigenvalue weighted by molar-refractivity contribution is 0.242. The van der Waals surface area contributed by atoms with E-state index >= 15 is 0 Å². The van der Waals surface area contributed by atoms with Gasteiger partial charge in [-0.1, -0.05) is 30.3 Å². The van der Waals surface area contributed by atoms with Crippen LogP contribution in [0.15, 0.2) is 30.3 Å². The molecule has 0 radical (unpaired) electrons. The maximum atomic E-state index is 11.0. The van der Waals surface area contributed by atoms with E-state index in [0.717, 1.165) is 5.56 Å². The Morgan fingerprint density at radius 2 is 1.92 bits per heavy atom. The molecular formula is C9H10O3S. The highest BCUT2D eigenvalue weighted by Crippen LogP contribution is 2.29. The molecule has 0 spiro atoms. The molecule has 1 heterocycles. The second-order valence-corrected chi connectivity index (χ2v) is 4.76. The van der Waals surface area contributed by atoms with E-state index in [9.17, 15) is 8.42 Å². The van der Waals surface area contributed by atoms with Crippen LogP contribution in [0.2, 0.25) is 0 Å². The van der Waals surface area contributed by atoms with E-state index < -0.39 is 10.1 Å². The molecule has 1 aromatic rings. The van der Waals surface area contributed by atoms with Crippen molar-refractivity contribution in [1.29, 1.82) is 0 Å².